The summed E-state index contributed by atoms with van der Waals surface area (Å²) in [4.78, 5) is 33.5. The quantitative estimate of drug-likeness (QED) is 0.640. The monoisotopic (exact) mass is 312 g/mol. The van der Waals surface area contributed by atoms with Crippen molar-refractivity contribution in [2.24, 2.45) is 0 Å². The van der Waals surface area contributed by atoms with E-state index in [-0.39, 0.29) is 17.0 Å². The standard InChI is InChI=1S/C13H13ClN2O5/c14-8-3-1-4-9(16(20)21)11(8)12(19)15-13(5-2-6-13)7-10(17)18/h1,3-4H,2,5-7H2,(H,15,19)(H,17,18). The van der Waals surface area contributed by atoms with Gasteiger partial charge in [0, 0.05) is 6.07 Å². The van der Waals surface area contributed by atoms with Gasteiger partial charge < -0.3 is 10.4 Å². The van der Waals surface area contributed by atoms with Crippen LogP contribution in [0.5, 0.6) is 0 Å². The number of halogens is 1. The van der Waals surface area contributed by atoms with Gasteiger partial charge in [-0.15, -0.1) is 0 Å². The summed E-state index contributed by atoms with van der Waals surface area (Å²) in [7, 11) is 0. The minimum absolute atomic E-state index is 0.0356. The molecule has 1 aliphatic carbocycles. The van der Waals surface area contributed by atoms with Gasteiger partial charge in [0.1, 0.15) is 5.56 Å². The van der Waals surface area contributed by atoms with E-state index >= 15 is 0 Å². The highest BCUT2D eigenvalue weighted by molar-refractivity contribution is 6.34. The van der Waals surface area contributed by atoms with E-state index in [0.29, 0.717) is 12.8 Å². The Morgan fingerprint density at radius 2 is 2.10 bits per heavy atom. The number of nitro groups is 1. The predicted octanol–water partition coefficient (Wildman–Crippen LogP) is 2.38. The smallest absolute Gasteiger partial charge is 0.305 e. The number of carboxylic acid groups (broad SMARTS) is 1. The number of nitrogens with one attached hydrogen (secondary N) is 1. The molecule has 0 spiro atoms. The van der Waals surface area contributed by atoms with Gasteiger partial charge in [-0.1, -0.05) is 17.7 Å². The molecule has 1 aliphatic rings. The highest BCUT2D eigenvalue weighted by atomic mass is 35.5. The van der Waals surface area contributed by atoms with Crippen molar-refractivity contribution >= 4 is 29.2 Å². The van der Waals surface area contributed by atoms with Gasteiger partial charge in [0.25, 0.3) is 11.6 Å². The van der Waals surface area contributed by atoms with Gasteiger partial charge in [0.2, 0.25) is 0 Å². The number of hydrogen-bond acceptors (Lipinski definition) is 4. The van der Waals surface area contributed by atoms with Gasteiger partial charge in [-0.05, 0) is 25.3 Å². The Morgan fingerprint density at radius 1 is 1.43 bits per heavy atom. The lowest BCUT2D eigenvalue weighted by molar-refractivity contribution is -0.385. The number of carbonyl (C=O) groups is 2. The molecule has 0 radical (unpaired) electrons. The van der Waals surface area contributed by atoms with E-state index in [9.17, 15) is 19.7 Å². The van der Waals surface area contributed by atoms with Crippen molar-refractivity contribution in [3.63, 3.8) is 0 Å². The van der Waals surface area contributed by atoms with E-state index in [1.807, 2.05) is 0 Å². The highest BCUT2D eigenvalue weighted by Crippen LogP contribution is 2.36. The van der Waals surface area contributed by atoms with Gasteiger partial charge >= 0.3 is 5.97 Å². The molecule has 0 atom stereocenters. The van der Waals surface area contributed by atoms with Crippen LogP contribution in [0.25, 0.3) is 0 Å². The van der Waals surface area contributed by atoms with Crippen LogP contribution in [-0.4, -0.2) is 27.4 Å². The molecule has 0 heterocycles. The Kier molecular flexibility index (Phi) is 4.13. The maximum Gasteiger partial charge on any atom is 0.305 e. The maximum absolute atomic E-state index is 12.3. The lowest BCUT2D eigenvalue weighted by Crippen LogP contribution is -2.54. The average Bonchev–Trinajstić information content (AvgIpc) is 2.34. The first-order valence-corrected chi connectivity index (χ1v) is 6.70. The summed E-state index contributed by atoms with van der Waals surface area (Å²) in [5, 5.41) is 22.5. The number of carboxylic acids is 1. The van der Waals surface area contributed by atoms with Gasteiger partial charge in [-0.2, -0.15) is 0 Å². The molecule has 0 aromatic heterocycles. The molecule has 2 rings (SSSR count). The van der Waals surface area contributed by atoms with Crippen LogP contribution in [0.15, 0.2) is 18.2 Å². The van der Waals surface area contributed by atoms with Crippen LogP contribution in [0.4, 0.5) is 5.69 Å². The largest absolute Gasteiger partial charge is 0.481 e. The Balaban J connectivity index is 2.28. The van der Waals surface area contributed by atoms with Crippen molar-refractivity contribution in [1.82, 2.24) is 5.32 Å². The lowest BCUT2D eigenvalue weighted by Gasteiger charge is -2.41. The van der Waals surface area contributed by atoms with Gasteiger partial charge in [0.05, 0.1) is 21.9 Å². The van der Waals surface area contributed by atoms with E-state index in [1.54, 1.807) is 0 Å². The van der Waals surface area contributed by atoms with Crippen LogP contribution < -0.4 is 5.32 Å². The third-order valence-corrected chi connectivity index (χ3v) is 3.91. The molecule has 1 saturated carbocycles. The predicted molar refractivity (Wildman–Crippen MR) is 74.4 cm³/mol. The molecule has 1 aromatic rings. The zero-order valence-electron chi connectivity index (χ0n) is 11.0. The second-order valence-electron chi connectivity index (χ2n) is 5.05. The molecule has 1 aromatic carbocycles. The van der Waals surface area contributed by atoms with Crippen LogP contribution in [0, 0.1) is 10.1 Å². The fraction of sp³-hybridized carbons (Fsp3) is 0.385. The van der Waals surface area contributed by atoms with Crippen LogP contribution >= 0.6 is 11.6 Å². The zero-order valence-corrected chi connectivity index (χ0v) is 11.7. The number of nitro benzene ring substituents is 1. The number of amides is 1. The molecule has 2 N–H and O–H groups in total. The maximum atomic E-state index is 12.3. The van der Waals surface area contributed by atoms with Crippen molar-refractivity contribution in [1.29, 1.82) is 0 Å². The first-order chi connectivity index (χ1) is 9.84. The molecule has 0 unspecified atom stereocenters. The molecule has 0 saturated heterocycles. The number of carbonyl (C=O) groups excluding carboxylic acids is 1. The summed E-state index contributed by atoms with van der Waals surface area (Å²) >= 11 is 5.88. The fourth-order valence-electron chi connectivity index (χ4n) is 2.43. The molecular formula is C13H13ClN2O5. The minimum atomic E-state index is -1.02. The van der Waals surface area contributed by atoms with Crippen molar-refractivity contribution in [2.45, 2.75) is 31.2 Å². The first kappa shape index (κ1) is 15.2. The van der Waals surface area contributed by atoms with E-state index < -0.39 is 28.0 Å². The molecule has 1 fully saturated rings. The SMILES string of the molecule is O=C(O)CC1(NC(=O)c2c(Cl)cccc2[N+](=O)[O-])CCC1. The van der Waals surface area contributed by atoms with Gasteiger partial charge in [0.15, 0.2) is 0 Å². The molecule has 7 nitrogen and oxygen atoms in total. The molecule has 0 bridgehead atoms. The minimum Gasteiger partial charge on any atom is -0.481 e. The zero-order chi connectivity index (χ0) is 15.6. The van der Waals surface area contributed by atoms with Crippen LogP contribution in [0.2, 0.25) is 5.02 Å². The van der Waals surface area contributed by atoms with E-state index in [0.717, 1.165) is 6.42 Å². The van der Waals surface area contributed by atoms with Crippen LogP contribution in [0.1, 0.15) is 36.0 Å². The second kappa shape index (κ2) is 5.69. The Labute approximate surface area is 125 Å². The summed E-state index contributed by atoms with van der Waals surface area (Å²) < 4.78 is 0. The number of hydrogen-bond donors (Lipinski definition) is 2. The molecule has 21 heavy (non-hydrogen) atoms. The van der Waals surface area contributed by atoms with Crippen molar-refractivity contribution in [3.8, 4) is 0 Å². The highest BCUT2D eigenvalue weighted by Gasteiger charge is 2.41. The topological polar surface area (TPSA) is 110 Å². The van der Waals surface area contributed by atoms with Crippen molar-refractivity contribution < 1.29 is 19.6 Å². The summed E-state index contributed by atoms with van der Waals surface area (Å²) in [5.41, 5.74) is -1.47. The molecule has 8 heteroatoms. The van der Waals surface area contributed by atoms with Crippen LogP contribution in [0.3, 0.4) is 0 Å². The summed E-state index contributed by atoms with van der Waals surface area (Å²) in [5.74, 6) is -1.74. The summed E-state index contributed by atoms with van der Waals surface area (Å²) in [6, 6.07) is 3.95. The molecule has 1 amide bonds. The van der Waals surface area contributed by atoms with E-state index in [2.05, 4.69) is 5.32 Å². The van der Waals surface area contributed by atoms with Crippen LogP contribution in [-0.2, 0) is 4.79 Å². The third-order valence-electron chi connectivity index (χ3n) is 3.59. The summed E-state index contributed by atoms with van der Waals surface area (Å²) in [6.45, 7) is 0. The Hall–Kier alpha value is -2.15. The number of aliphatic carboxylic acids is 1. The lowest BCUT2D eigenvalue weighted by atomic mass is 9.74. The average molecular weight is 313 g/mol. The Morgan fingerprint density at radius 3 is 2.57 bits per heavy atom. The number of nitrogens with zero attached hydrogens (tertiary/aromatic N) is 1. The number of benzene rings is 1. The first-order valence-electron chi connectivity index (χ1n) is 6.32. The molecule has 112 valence electrons. The normalized spacial score (nSPS) is 15.9. The number of rotatable bonds is 5. The third kappa shape index (κ3) is 3.13. The van der Waals surface area contributed by atoms with Gasteiger partial charge in [-0.3, -0.25) is 19.7 Å². The summed E-state index contributed by atoms with van der Waals surface area (Å²) in [6.07, 6.45) is 1.65. The molecule has 0 aliphatic heterocycles. The van der Waals surface area contributed by atoms with Gasteiger partial charge in [-0.25, -0.2) is 0 Å². The Bertz CT molecular complexity index is 613. The fourth-order valence-corrected chi connectivity index (χ4v) is 2.69. The van der Waals surface area contributed by atoms with Crippen molar-refractivity contribution in [3.05, 3.63) is 38.9 Å². The van der Waals surface area contributed by atoms with E-state index in [1.165, 1.54) is 18.2 Å². The van der Waals surface area contributed by atoms with Crippen molar-refractivity contribution in [2.75, 3.05) is 0 Å². The van der Waals surface area contributed by atoms with E-state index in [4.69, 9.17) is 16.7 Å². The molecular weight excluding hydrogens is 300 g/mol. The second-order valence-corrected chi connectivity index (χ2v) is 5.46.